The van der Waals surface area contributed by atoms with Crippen LogP contribution in [0.2, 0.25) is 0 Å². The summed E-state index contributed by atoms with van der Waals surface area (Å²) in [5.74, 6) is 0. The van der Waals surface area contributed by atoms with E-state index in [4.69, 9.17) is 0 Å². The van der Waals surface area contributed by atoms with Crippen molar-refractivity contribution in [3.63, 3.8) is 0 Å². The lowest BCUT2D eigenvalue weighted by molar-refractivity contribution is -0.107. The van der Waals surface area contributed by atoms with Crippen LogP contribution in [-0.2, 0) is 9.63 Å². The minimum atomic E-state index is 0.521. The molecule has 0 aliphatic carbocycles. The van der Waals surface area contributed by atoms with Crippen molar-refractivity contribution in [2.24, 2.45) is 5.16 Å². The van der Waals surface area contributed by atoms with Gasteiger partial charge < -0.3 is 9.63 Å². The van der Waals surface area contributed by atoms with Crippen LogP contribution in [0.15, 0.2) is 5.16 Å². The van der Waals surface area contributed by atoms with Crippen LogP contribution in [0.4, 0.5) is 0 Å². The molecule has 0 aliphatic heterocycles. The summed E-state index contributed by atoms with van der Waals surface area (Å²) in [6.07, 6.45) is 3.60. The Morgan fingerprint density at radius 2 is 2.38 bits per heavy atom. The standard InChI is InChI=1S/C5H9NO2/c1-8-6-4-2-3-5-7/h4-5H,2-3H2,1H3. The molecule has 46 valence electrons. The summed E-state index contributed by atoms with van der Waals surface area (Å²) in [5, 5.41) is 3.43. The van der Waals surface area contributed by atoms with Gasteiger partial charge in [-0.05, 0) is 6.42 Å². The average molecular weight is 115 g/mol. The van der Waals surface area contributed by atoms with E-state index in [1.54, 1.807) is 6.21 Å². The number of carbonyl (C=O) groups excluding carboxylic acids is 1. The SMILES string of the molecule is CON=CCCC=O. The van der Waals surface area contributed by atoms with E-state index in [0.717, 1.165) is 6.29 Å². The molecule has 0 atom stereocenters. The molecule has 0 rings (SSSR count). The van der Waals surface area contributed by atoms with Gasteiger partial charge in [0.1, 0.15) is 13.4 Å². The Kier molecular flexibility index (Phi) is 5.48. The van der Waals surface area contributed by atoms with Crippen molar-refractivity contribution in [3.05, 3.63) is 0 Å². The van der Waals surface area contributed by atoms with Gasteiger partial charge in [0, 0.05) is 12.6 Å². The molecule has 0 saturated heterocycles. The number of nitrogens with zero attached hydrogens (tertiary/aromatic N) is 1. The fraction of sp³-hybridized carbons (Fsp3) is 0.600. The molecule has 0 heterocycles. The Morgan fingerprint density at radius 3 is 2.88 bits per heavy atom. The maximum absolute atomic E-state index is 9.67. The van der Waals surface area contributed by atoms with Gasteiger partial charge in [-0.25, -0.2) is 0 Å². The van der Waals surface area contributed by atoms with Gasteiger partial charge in [0.25, 0.3) is 0 Å². The molecule has 0 amide bonds. The molecule has 0 aromatic carbocycles. The zero-order valence-corrected chi connectivity index (χ0v) is 4.83. The fourth-order valence-corrected chi connectivity index (χ4v) is 0.270. The molecule has 0 aliphatic rings. The summed E-state index contributed by atoms with van der Waals surface area (Å²) < 4.78 is 0. The van der Waals surface area contributed by atoms with Gasteiger partial charge in [0.2, 0.25) is 0 Å². The monoisotopic (exact) mass is 115 g/mol. The van der Waals surface area contributed by atoms with Crippen LogP contribution in [0.3, 0.4) is 0 Å². The van der Waals surface area contributed by atoms with Gasteiger partial charge in [-0.3, -0.25) is 0 Å². The Hall–Kier alpha value is -0.860. The molecule has 0 unspecified atom stereocenters. The second-order valence-electron chi connectivity index (χ2n) is 1.21. The first-order valence-corrected chi connectivity index (χ1v) is 2.40. The van der Waals surface area contributed by atoms with Crippen molar-refractivity contribution >= 4 is 12.5 Å². The van der Waals surface area contributed by atoms with Crippen molar-refractivity contribution in [2.45, 2.75) is 12.8 Å². The Labute approximate surface area is 48.3 Å². The minimum absolute atomic E-state index is 0.521. The molecule has 0 aromatic heterocycles. The maximum atomic E-state index is 9.67. The number of hydrogen-bond acceptors (Lipinski definition) is 3. The first kappa shape index (κ1) is 7.14. The molecule has 0 radical (unpaired) electrons. The Balaban J connectivity index is 2.90. The number of rotatable bonds is 4. The summed E-state index contributed by atoms with van der Waals surface area (Å²) in [6, 6.07) is 0. The van der Waals surface area contributed by atoms with E-state index in [-0.39, 0.29) is 0 Å². The molecule has 0 saturated carbocycles. The number of carbonyl (C=O) groups is 1. The molecule has 8 heavy (non-hydrogen) atoms. The molecular formula is C5H9NO2. The van der Waals surface area contributed by atoms with Crippen molar-refractivity contribution in [2.75, 3.05) is 7.11 Å². The second-order valence-corrected chi connectivity index (χ2v) is 1.21. The largest absolute Gasteiger partial charge is 0.399 e. The van der Waals surface area contributed by atoms with Gasteiger partial charge in [-0.15, -0.1) is 0 Å². The lowest BCUT2D eigenvalue weighted by Gasteiger charge is -1.81. The van der Waals surface area contributed by atoms with Crippen LogP contribution in [0.5, 0.6) is 0 Å². The number of aldehydes is 1. The van der Waals surface area contributed by atoms with E-state index in [2.05, 4.69) is 9.99 Å². The van der Waals surface area contributed by atoms with Crippen molar-refractivity contribution in [1.82, 2.24) is 0 Å². The molecule has 0 N–H and O–H groups in total. The van der Waals surface area contributed by atoms with Crippen molar-refractivity contribution < 1.29 is 9.63 Å². The summed E-state index contributed by atoms with van der Waals surface area (Å²) in [6.45, 7) is 0. The number of oxime groups is 1. The van der Waals surface area contributed by atoms with Gasteiger partial charge in [-0.1, -0.05) is 5.16 Å². The normalized spacial score (nSPS) is 9.62. The molecule has 0 bridgehead atoms. The van der Waals surface area contributed by atoms with E-state index in [9.17, 15) is 4.79 Å². The minimum Gasteiger partial charge on any atom is -0.399 e. The summed E-state index contributed by atoms with van der Waals surface area (Å²) >= 11 is 0. The zero-order chi connectivity index (χ0) is 6.24. The first-order chi connectivity index (χ1) is 3.91. The lowest BCUT2D eigenvalue weighted by atomic mass is 10.4. The van der Waals surface area contributed by atoms with E-state index in [0.29, 0.717) is 12.8 Å². The maximum Gasteiger partial charge on any atom is 0.120 e. The van der Waals surface area contributed by atoms with Gasteiger partial charge in [-0.2, -0.15) is 0 Å². The average Bonchev–Trinajstić information content (AvgIpc) is 1.81. The fourth-order valence-electron chi connectivity index (χ4n) is 0.270. The topological polar surface area (TPSA) is 38.7 Å². The van der Waals surface area contributed by atoms with E-state index in [1.165, 1.54) is 7.11 Å². The van der Waals surface area contributed by atoms with Crippen molar-refractivity contribution in [1.29, 1.82) is 0 Å². The summed E-state index contributed by atoms with van der Waals surface area (Å²) in [7, 11) is 1.47. The highest BCUT2D eigenvalue weighted by Crippen LogP contribution is 1.77. The quantitative estimate of drug-likeness (QED) is 0.233. The zero-order valence-electron chi connectivity index (χ0n) is 4.83. The van der Waals surface area contributed by atoms with Gasteiger partial charge >= 0.3 is 0 Å². The molecule has 0 spiro atoms. The highest BCUT2D eigenvalue weighted by molar-refractivity contribution is 5.62. The van der Waals surface area contributed by atoms with E-state index < -0.39 is 0 Å². The molecule has 3 heteroatoms. The van der Waals surface area contributed by atoms with Crippen LogP contribution in [0.25, 0.3) is 0 Å². The van der Waals surface area contributed by atoms with Crippen LogP contribution in [0, 0.1) is 0 Å². The van der Waals surface area contributed by atoms with Crippen molar-refractivity contribution in [3.8, 4) is 0 Å². The van der Waals surface area contributed by atoms with E-state index in [1.807, 2.05) is 0 Å². The highest BCUT2D eigenvalue weighted by atomic mass is 16.6. The number of hydrogen-bond donors (Lipinski definition) is 0. The molecule has 3 nitrogen and oxygen atoms in total. The Morgan fingerprint density at radius 1 is 1.62 bits per heavy atom. The lowest BCUT2D eigenvalue weighted by Crippen LogP contribution is -1.77. The molecule has 0 fully saturated rings. The van der Waals surface area contributed by atoms with Gasteiger partial charge in [0.15, 0.2) is 0 Å². The third kappa shape index (κ3) is 5.14. The van der Waals surface area contributed by atoms with Crippen LogP contribution >= 0.6 is 0 Å². The highest BCUT2D eigenvalue weighted by Gasteiger charge is 1.75. The van der Waals surface area contributed by atoms with Crippen LogP contribution in [-0.4, -0.2) is 19.6 Å². The summed E-state index contributed by atoms with van der Waals surface area (Å²) in [5.41, 5.74) is 0. The third-order valence-corrected chi connectivity index (χ3v) is 0.594. The molecular weight excluding hydrogens is 106 g/mol. The smallest absolute Gasteiger partial charge is 0.120 e. The summed E-state index contributed by atoms with van der Waals surface area (Å²) in [4.78, 5) is 14.0. The Bertz CT molecular complexity index is 80.5. The van der Waals surface area contributed by atoms with Crippen LogP contribution in [0.1, 0.15) is 12.8 Å². The van der Waals surface area contributed by atoms with Crippen LogP contribution < -0.4 is 0 Å². The third-order valence-electron chi connectivity index (χ3n) is 0.594. The van der Waals surface area contributed by atoms with E-state index >= 15 is 0 Å². The van der Waals surface area contributed by atoms with Gasteiger partial charge in [0.05, 0.1) is 0 Å². The number of unbranched alkanes of at least 4 members (excludes halogenated alkanes) is 1. The first-order valence-electron chi connectivity index (χ1n) is 2.40. The predicted molar refractivity (Wildman–Crippen MR) is 30.8 cm³/mol. The second kappa shape index (κ2) is 6.14. The molecule has 0 aromatic rings. The predicted octanol–water partition coefficient (Wildman–Crippen LogP) is 0.598.